The number of nitrogens with two attached hydrogens (primary N) is 1. The Bertz CT molecular complexity index is 1420. The van der Waals surface area contributed by atoms with Crippen LogP contribution in [0.2, 0.25) is 0 Å². The van der Waals surface area contributed by atoms with Gasteiger partial charge < -0.3 is 19.9 Å². The monoisotopic (exact) mass is 493 g/mol. The standard InChI is InChI=1S/C26H27N3O7/c1-5-9-17-12-18(13-20(34-3)22(17)35-4)25(32)36-15-19(30)21-23(27)29(26(33)28(2)24(21)31)14-16-10-7-6-8-11-16/h5-8,10-13H,1,9,14-15,27H2,2-4H3. The minimum atomic E-state index is -0.873. The molecule has 0 spiro atoms. The zero-order valence-corrected chi connectivity index (χ0v) is 20.3. The van der Waals surface area contributed by atoms with Gasteiger partial charge in [-0.2, -0.15) is 0 Å². The summed E-state index contributed by atoms with van der Waals surface area (Å²) in [4.78, 5) is 51.0. The van der Waals surface area contributed by atoms with Crippen LogP contribution in [0.5, 0.6) is 11.5 Å². The minimum absolute atomic E-state index is 0.0530. The summed E-state index contributed by atoms with van der Waals surface area (Å²) in [6, 6.07) is 11.9. The first kappa shape index (κ1) is 26.0. The number of carbonyl (C=O) groups is 2. The molecule has 0 atom stereocenters. The average molecular weight is 494 g/mol. The molecule has 10 heteroatoms. The highest BCUT2D eigenvalue weighted by atomic mass is 16.5. The fourth-order valence-electron chi connectivity index (χ4n) is 3.72. The summed E-state index contributed by atoms with van der Waals surface area (Å²) in [5.41, 5.74) is 5.62. The third-order valence-electron chi connectivity index (χ3n) is 5.54. The minimum Gasteiger partial charge on any atom is -0.493 e. The van der Waals surface area contributed by atoms with E-state index in [2.05, 4.69) is 6.58 Å². The van der Waals surface area contributed by atoms with E-state index < -0.39 is 35.2 Å². The number of Topliss-reactive ketones (excluding diaryl/α,β-unsaturated/α-hetero) is 1. The third-order valence-corrected chi connectivity index (χ3v) is 5.54. The zero-order valence-electron chi connectivity index (χ0n) is 20.3. The molecule has 0 saturated heterocycles. The van der Waals surface area contributed by atoms with Crippen molar-refractivity contribution < 1.29 is 23.8 Å². The first-order valence-electron chi connectivity index (χ1n) is 10.9. The molecule has 1 heterocycles. The van der Waals surface area contributed by atoms with Gasteiger partial charge in [0.25, 0.3) is 5.56 Å². The van der Waals surface area contributed by atoms with Gasteiger partial charge in [0, 0.05) is 12.6 Å². The van der Waals surface area contributed by atoms with Crippen molar-refractivity contribution in [3.63, 3.8) is 0 Å². The molecule has 0 aliphatic heterocycles. The quantitative estimate of drug-likeness (QED) is 0.258. The Kier molecular flexibility index (Phi) is 8.11. The highest BCUT2D eigenvalue weighted by Crippen LogP contribution is 2.33. The first-order valence-corrected chi connectivity index (χ1v) is 10.9. The number of aromatic nitrogens is 2. The van der Waals surface area contributed by atoms with Gasteiger partial charge in [-0.15, -0.1) is 6.58 Å². The first-order chi connectivity index (χ1) is 17.2. The molecular weight excluding hydrogens is 466 g/mol. The molecule has 0 aliphatic carbocycles. The van der Waals surface area contributed by atoms with Crippen molar-refractivity contribution in [1.29, 1.82) is 0 Å². The lowest BCUT2D eigenvalue weighted by molar-refractivity contribution is 0.0473. The Morgan fingerprint density at radius 2 is 1.78 bits per heavy atom. The molecule has 2 N–H and O–H groups in total. The van der Waals surface area contributed by atoms with Crippen molar-refractivity contribution in [3.05, 3.63) is 98.2 Å². The molecule has 36 heavy (non-hydrogen) atoms. The van der Waals surface area contributed by atoms with E-state index in [0.29, 0.717) is 23.5 Å². The highest BCUT2D eigenvalue weighted by Gasteiger charge is 2.24. The smallest absolute Gasteiger partial charge is 0.338 e. The van der Waals surface area contributed by atoms with Crippen LogP contribution >= 0.6 is 0 Å². The van der Waals surface area contributed by atoms with Crippen LogP contribution in [0.3, 0.4) is 0 Å². The van der Waals surface area contributed by atoms with Gasteiger partial charge in [0.2, 0.25) is 5.78 Å². The SMILES string of the molecule is C=CCc1cc(C(=O)OCC(=O)c2c(N)n(Cc3ccccc3)c(=O)n(C)c2=O)cc(OC)c1OC. The number of rotatable bonds is 10. The second-order valence-corrected chi connectivity index (χ2v) is 7.84. The van der Waals surface area contributed by atoms with Crippen molar-refractivity contribution in [2.75, 3.05) is 26.6 Å². The molecule has 0 aliphatic rings. The van der Waals surface area contributed by atoms with Crippen molar-refractivity contribution in [1.82, 2.24) is 9.13 Å². The fourth-order valence-corrected chi connectivity index (χ4v) is 3.72. The number of nitrogen functional groups attached to an aromatic ring is 1. The normalized spacial score (nSPS) is 10.5. The summed E-state index contributed by atoms with van der Waals surface area (Å²) < 4.78 is 17.8. The lowest BCUT2D eigenvalue weighted by Crippen LogP contribution is -2.43. The molecule has 0 unspecified atom stereocenters. The maximum atomic E-state index is 12.9. The average Bonchev–Trinajstić information content (AvgIpc) is 2.88. The largest absolute Gasteiger partial charge is 0.493 e. The molecule has 0 radical (unpaired) electrons. The number of ether oxygens (including phenoxy) is 3. The number of allylic oxidation sites excluding steroid dienone is 1. The van der Waals surface area contributed by atoms with E-state index in [4.69, 9.17) is 19.9 Å². The number of nitrogens with zero attached hydrogens (tertiary/aromatic N) is 2. The zero-order chi connectivity index (χ0) is 26.4. The van der Waals surface area contributed by atoms with E-state index in [1.54, 1.807) is 36.4 Å². The second kappa shape index (κ2) is 11.2. The predicted octanol–water partition coefficient (Wildman–Crippen LogP) is 1.96. The maximum Gasteiger partial charge on any atom is 0.338 e. The van der Waals surface area contributed by atoms with Crippen LogP contribution in [-0.2, 0) is 24.8 Å². The van der Waals surface area contributed by atoms with Crippen LogP contribution in [0, 0.1) is 0 Å². The van der Waals surface area contributed by atoms with Crippen LogP contribution in [0.1, 0.15) is 31.8 Å². The van der Waals surface area contributed by atoms with E-state index in [1.165, 1.54) is 27.3 Å². The number of esters is 1. The van der Waals surface area contributed by atoms with E-state index in [9.17, 15) is 19.2 Å². The molecule has 188 valence electrons. The number of ketones is 1. The number of anilines is 1. The van der Waals surface area contributed by atoms with Gasteiger partial charge in [-0.05, 0) is 24.1 Å². The van der Waals surface area contributed by atoms with Crippen molar-refractivity contribution in [2.45, 2.75) is 13.0 Å². The van der Waals surface area contributed by atoms with Crippen molar-refractivity contribution >= 4 is 17.6 Å². The van der Waals surface area contributed by atoms with Crippen molar-refractivity contribution in [3.8, 4) is 11.5 Å². The molecule has 3 aromatic rings. The molecule has 2 aromatic carbocycles. The van der Waals surface area contributed by atoms with Crippen LogP contribution in [0.4, 0.5) is 5.82 Å². The number of methoxy groups -OCH3 is 2. The molecule has 3 rings (SSSR count). The van der Waals surface area contributed by atoms with E-state index in [-0.39, 0.29) is 17.9 Å². The van der Waals surface area contributed by atoms with Crippen LogP contribution in [0.15, 0.2) is 64.7 Å². The lowest BCUT2D eigenvalue weighted by Gasteiger charge is -2.15. The molecule has 1 aromatic heterocycles. The van der Waals surface area contributed by atoms with Gasteiger partial charge in [0.05, 0.1) is 26.3 Å². The summed E-state index contributed by atoms with van der Waals surface area (Å²) in [5.74, 6) is -1.20. The summed E-state index contributed by atoms with van der Waals surface area (Å²) in [6.45, 7) is 2.99. The van der Waals surface area contributed by atoms with Gasteiger partial charge in [-0.25, -0.2) is 9.59 Å². The Hall–Kier alpha value is -4.60. The van der Waals surface area contributed by atoms with Gasteiger partial charge in [-0.1, -0.05) is 36.4 Å². The number of hydrogen-bond donors (Lipinski definition) is 1. The van der Waals surface area contributed by atoms with Crippen LogP contribution < -0.4 is 26.5 Å². The summed E-state index contributed by atoms with van der Waals surface area (Å²) in [6.07, 6.45) is 2.04. The Labute approximate surface area is 207 Å². The maximum absolute atomic E-state index is 12.9. The number of hydrogen-bond acceptors (Lipinski definition) is 8. The Morgan fingerprint density at radius 1 is 1.08 bits per heavy atom. The summed E-state index contributed by atoms with van der Waals surface area (Å²) in [7, 11) is 4.15. The molecule has 0 saturated carbocycles. The molecule has 0 bridgehead atoms. The van der Waals surface area contributed by atoms with E-state index in [1.807, 2.05) is 6.07 Å². The summed E-state index contributed by atoms with van der Waals surface area (Å²) in [5, 5.41) is 0. The fraction of sp³-hybridized carbons (Fsp3) is 0.231. The number of carbonyl (C=O) groups excluding carboxylic acids is 2. The topological polar surface area (TPSA) is 132 Å². The van der Waals surface area contributed by atoms with Crippen LogP contribution in [0.25, 0.3) is 0 Å². The highest BCUT2D eigenvalue weighted by molar-refractivity contribution is 6.02. The molecular formula is C26H27N3O7. The van der Waals surface area contributed by atoms with Crippen molar-refractivity contribution in [2.24, 2.45) is 7.05 Å². The number of benzene rings is 2. The predicted molar refractivity (Wildman–Crippen MR) is 134 cm³/mol. The Morgan fingerprint density at radius 3 is 2.39 bits per heavy atom. The lowest BCUT2D eigenvalue weighted by atomic mass is 10.1. The molecule has 0 fully saturated rings. The molecule has 10 nitrogen and oxygen atoms in total. The van der Waals surface area contributed by atoms with E-state index in [0.717, 1.165) is 14.7 Å². The molecule has 0 amide bonds. The van der Waals surface area contributed by atoms with E-state index >= 15 is 0 Å². The third kappa shape index (κ3) is 5.22. The summed E-state index contributed by atoms with van der Waals surface area (Å²) >= 11 is 0. The van der Waals surface area contributed by atoms with Gasteiger partial charge >= 0.3 is 11.7 Å². The Balaban J connectivity index is 1.89. The van der Waals surface area contributed by atoms with Crippen LogP contribution in [-0.4, -0.2) is 41.7 Å². The second-order valence-electron chi connectivity index (χ2n) is 7.84. The van der Waals surface area contributed by atoms with Gasteiger partial charge in [-0.3, -0.25) is 18.7 Å². The van der Waals surface area contributed by atoms with Gasteiger partial charge in [0.1, 0.15) is 11.4 Å². The van der Waals surface area contributed by atoms with Gasteiger partial charge in [0.15, 0.2) is 18.1 Å².